The van der Waals surface area contributed by atoms with E-state index in [1.807, 2.05) is 13.8 Å². The number of hydrogen-bond donors (Lipinski definition) is 2. The number of nitrogens with one attached hydrogen (secondary N) is 1. The highest BCUT2D eigenvalue weighted by Crippen LogP contribution is 2.16. The molecule has 5 nitrogen and oxygen atoms in total. The Hall–Kier alpha value is -1.49. The van der Waals surface area contributed by atoms with Crippen LogP contribution in [0, 0.1) is 5.92 Å². The van der Waals surface area contributed by atoms with Gasteiger partial charge in [-0.25, -0.2) is 4.79 Å². The SMILES string of the molecule is CCCn1cc(Cl)cc1C(=O)N[C@H](C(=O)O)[C@@H](C)CC. The van der Waals surface area contributed by atoms with E-state index in [2.05, 4.69) is 5.32 Å². The van der Waals surface area contributed by atoms with Crippen molar-refractivity contribution in [3.8, 4) is 0 Å². The first-order valence-corrected chi connectivity index (χ1v) is 7.17. The van der Waals surface area contributed by atoms with Crippen LogP contribution in [0.4, 0.5) is 0 Å². The standard InChI is InChI=1S/C14H21ClN2O3/c1-4-6-17-8-10(15)7-11(17)13(18)16-12(14(19)20)9(3)5-2/h7-9,12H,4-6H2,1-3H3,(H,16,18)(H,19,20)/t9-,12-/m0/s1. The molecule has 0 aliphatic heterocycles. The van der Waals surface area contributed by atoms with Gasteiger partial charge in [0.1, 0.15) is 11.7 Å². The Morgan fingerprint density at radius 1 is 1.45 bits per heavy atom. The maximum absolute atomic E-state index is 12.2. The fourth-order valence-electron chi connectivity index (χ4n) is 1.99. The van der Waals surface area contributed by atoms with Gasteiger partial charge in [0.05, 0.1) is 5.02 Å². The first-order chi connectivity index (χ1) is 9.40. The average Bonchev–Trinajstić information content (AvgIpc) is 2.76. The number of aryl methyl sites for hydroxylation is 1. The molecule has 0 aromatic carbocycles. The van der Waals surface area contributed by atoms with Crippen molar-refractivity contribution in [2.45, 2.75) is 46.2 Å². The van der Waals surface area contributed by atoms with Gasteiger partial charge in [-0.1, -0.05) is 38.8 Å². The summed E-state index contributed by atoms with van der Waals surface area (Å²) in [5.41, 5.74) is 0.395. The van der Waals surface area contributed by atoms with Gasteiger partial charge in [-0.15, -0.1) is 0 Å². The zero-order valence-electron chi connectivity index (χ0n) is 12.0. The van der Waals surface area contributed by atoms with Crippen LogP contribution < -0.4 is 5.32 Å². The molecular formula is C14H21ClN2O3. The third kappa shape index (κ3) is 4.00. The second-order valence-electron chi connectivity index (χ2n) is 4.91. The van der Waals surface area contributed by atoms with E-state index in [1.54, 1.807) is 23.8 Å². The predicted molar refractivity (Wildman–Crippen MR) is 78.1 cm³/mol. The molecule has 0 fully saturated rings. The first-order valence-electron chi connectivity index (χ1n) is 6.80. The van der Waals surface area contributed by atoms with Crippen molar-refractivity contribution >= 4 is 23.5 Å². The Morgan fingerprint density at radius 3 is 2.60 bits per heavy atom. The van der Waals surface area contributed by atoms with Crippen molar-refractivity contribution in [2.24, 2.45) is 5.92 Å². The van der Waals surface area contributed by atoms with Gasteiger partial charge in [0.2, 0.25) is 0 Å². The number of halogens is 1. The number of nitrogens with zero attached hydrogens (tertiary/aromatic N) is 1. The molecule has 112 valence electrons. The van der Waals surface area contributed by atoms with E-state index < -0.39 is 17.9 Å². The molecule has 1 rings (SSSR count). The number of amides is 1. The van der Waals surface area contributed by atoms with Crippen LogP contribution in [-0.2, 0) is 11.3 Å². The van der Waals surface area contributed by atoms with Crippen molar-refractivity contribution in [3.63, 3.8) is 0 Å². The van der Waals surface area contributed by atoms with Gasteiger partial charge >= 0.3 is 5.97 Å². The van der Waals surface area contributed by atoms with Crippen LogP contribution >= 0.6 is 11.6 Å². The van der Waals surface area contributed by atoms with Crippen LogP contribution in [0.2, 0.25) is 5.02 Å². The van der Waals surface area contributed by atoms with Crippen LogP contribution in [0.3, 0.4) is 0 Å². The van der Waals surface area contributed by atoms with E-state index in [0.717, 1.165) is 6.42 Å². The Kier molecular flexibility index (Phi) is 6.07. The highest BCUT2D eigenvalue weighted by Gasteiger charge is 2.26. The Balaban J connectivity index is 2.91. The smallest absolute Gasteiger partial charge is 0.326 e. The summed E-state index contributed by atoms with van der Waals surface area (Å²) in [6.07, 6.45) is 3.21. The van der Waals surface area contributed by atoms with E-state index in [9.17, 15) is 14.7 Å². The average molecular weight is 301 g/mol. The highest BCUT2D eigenvalue weighted by atomic mass is 35.5. The monoisotopic (exact) mass is 300 g/mol. The Labute approximate surface area is 123 Å². The van der Waals surface area contributed by atoms with E-state index in [-0.39, 0.29) is 5.92 Å². The minimum Gasteiger partial charge on any atom is -0.480 e. The molecule has 0 aliphatic rings. The summed E-state index contributed by atoms with van der Waals surface area (Å²) in [6.45, 7) is 6.35. The van der Waals surface area contributed by atoms with Crippen molar-refractivity contribution < 1.29 is 14.7 Å². The van der Waals surface area contributed by atoms with Crippen molar-refractivity contribution in [1.29, 1.82) is 0 Å². The third-order valence-electron chi connectivity index (χ3n) is 3.33. The quantitative estimate of drug-likeness (QED) is 0.813. The van der Waals surface area contributed by atoms with Crippen molar-refractivity contribution in [1.82, 2.24) is 9.88 Å². The summed E-state index contributed by atoms with van der Waals surface area (Å²) >= 11 is 5.92. The van der Waals surface area contributed by atoms with E-state index in [0.29, 0.717) is 23.7 Å². The van der Waals surface area contributed by atoms with Gasteiger partial charge in [0, 0.05) is 12.7 Å². The fourth-order valence-corrected chi connectivity index (χ4v) is 2.21. The summed E-state index contributed by atoms with van der Waals surface area (Å²) in [5, 5.41) is 12.2. The molecule has 0 spiro atoms. The molecule has 0 radical (unpaired) electrons. The summed E-state index contributed by atoms with van der Waals surface area (Å²) in [4.78, 5) is 23.5. The molecule has 1 heterocycles. The molecule has 0 bridgehead atoms. The minimum atomic E-state index is -1.02. The van der Waals surface area contributed by atoms with Crippen LogP contribution in [0.15, 0.2) is 12.3 Å². The number of carboxylic acids is 1. The Morgan fingerprint density at radius 2 is 2.10 bits per heavy atom. The lowest BCUT2D eigenvalue weighted by atomic mass is 9.99. The molecule has 2 atom stereocenters. The maximum atomic E-state index is 12.2. The number of aromatic nitrogens is 1. The topological polar surface area (TPSA) is 71.3 Å². The molecule has 0 unspecified atom stereocenters. The zero-order chi connectivity index (χ0) is 15.3. The first kappa shape index (κ1) is 16.6. The van der Waals surface area contributed by atoms with Gasteiger partial charge in [0.25, 0.3) is 5.91 Å². The number of carbonyl (C=O) groups excluding carboxylic acids is 1. The van der Waals surface area contributed by atoms with Gasteiger partial charge in [-0.05, 0) is 18.4 Å². The summed E-state index contributed by atoms with van der Waals surface area (Å²) in [7, 11) is 0. The van der Waals surface area contributed by atoms with E-state index in [1.165, 1.54) is 0 Å². The number of carboxylic acid groups (broad SMARTS) is 1. The molecule has 1 aromatic rings. The maximum Gasteiger partial charge on any atom is 0.326 e. The molecule has 1 amide bonds. The summed E-state index contributed by atoms with van der Waals surface area (Å²) < 4.78 is 1.74. The van der Waals surface area contributed by atoms with Crippen molar-refractivity contribution in [2.75, 3.05) is 0 Å². The fraction of sp³-hybridized carbons (Fsp3) is 0.571. The number of rotatable bonds is 7. The lowest BCUT2D eigenvalue weighted by molar-refractivity contribution is -0.140. The molecule has 1 aromatic heterocycles. The predicted octanol–water partition coefficient (Wildman–Crippen LogP) is 2.78. The third-order valence-corrected chi connectivity index (χ3v) is 3.53. The summed E-state index contributed by atoms with van der Waals surface area (Å²) in [6, 6.07) is 0.665. The highest BCUT2D eigenvalue weighted by molar-refractivity contribution is 6.31. The molecule has 2 N–H and O–H groups in total. The lowest BCUT2D eigenvalue weighted by Crippen LogP contribution is -2.45. The van der Waals surface area contributed by atoms with Gasteiger partial charge in [0.15, 0.2) is 0 Å². The molecule has 0 saturated heterocycles. The van der Waals surface area contributed by atoms with E-state index >= 15 is 0 Å². The second-order valence-corrected chi connectivity index (χ2v) is 5.35. The number of carbonyl (C=O) groups is 2. The van der Waals surface area contributed by atoms with Crippen LogP contribution in [0.1, 0.15) is 44.1 Å². The van der Waals surface area contributed by atoms with Crippen LogP contribution in [0.25, 0.3) is 0 Å². The van der Waals surface area contributed by atoms with Crippen LogP contribution in [0.5, 0.6) is 0 Å². The number of aliphatic carboxylic acids is 1. The lowest BCUT2D eigenvalue weighted by Gasteiger charge is -2.20. The largest absolute Gasteiger partial charge is 0.480 e. The minimum absolute atomic E-state index is 0.137. The molecular weight excluding hydrogens is 280 g/mol. The second kappa shape index (κ2) is 7.33. The normalized spacial score (nSPS) is 13.8. The number of hydrogen-bond acceptors (Lipinski definition) is 2. The van der Waals surface area contributed by atoms with E-state index in [4.69, 9.17) is 11.6 Å². The zero-order valence-corrected chi connectivity index (χ0v) is 12.8. The molecule has 20 heavy (non-hydrogen) atoms. The summed E-state index contributed by atoms with van der Waals surface area (Å²) in [5.74, 6) is -1.56. The molecule has 6 heteroatoms. The van der Waals surface area contributed by atoms with Gasteiger partial charge in [-0.2, -0.15) is 0 Å². The Bertz CT molecular complexity index is 485. The van der Waals surface area contributed by atoms with Gasteiger partial charge < -0.3 is 15.0 Å². The van der Waals surface area contributed by atoms with Gasteiger partial charge in [-0.3, -0.25) is 4.79 Å². The van der Waals surface area contributed by atoms with Crippen LogP contribution in [-0.4, -0.2) is 27.6 Å². The molecule has 0 saturated carbocycles. The van der Waals surface area contributed by atoms with Crippen molar-refractivity contribution in [3.05, 3.63) is 23.0 Å². The molecule has 0 aliphatic carbocycles.